The van der Waals surface area contributed by atoms with Crippen LogP contribution in [0.4, 0.5) is 5.82 Å². The highest BCUT2D eigenvalue weighted by Crippen LogP contribution is 2.20. The Balaban J connectivity index is 0.000000706. The normalized spacial score (nSPS) is 14.8. The summed E-state index contributed by atoms with van der Waals surface area (Å²) >= 11 is 1.61. The fourth-order valence-electron chi connectivity index (χ4n) is 2.80. The molecule has 1 fully saturated rings. The van der Waals surface area contributed by atoms with Crippen LogP contribution in [-0.4, -0.2) is 63.1 Å². The summed E-state index contributed by atoms with van der Waals surface area (Å²) in [7, 11) is 0. The number of carboxylic acid groups (broad SMARTS) is 1. The Morgan fingerprint density at radius 1 is 1.39 bits per heavy atom. The smallest absolute Gasteiger partial charge is 0.290 e. The molecule has 2 N–H and O–H groups in total. The van der Waals surface area contributed by atoms with Crippen molar-refractivity contribution in [2.75, 3.05) is 31.6 Å². The van der Waals surface area contributed by atoms with Gasteiger partial charge in [-0.1, -0.05) is 0 Å². The van der Waals surface area contributed by atoms with Gasteiger partial charge in [-0.05, 0) is 19.1 Å². The molecule has 1 saturated heterocycles. The third-order valence-corrected chi connectivity index (χ3v) is 5.00. The molecule has 4 heterocycles. The van der Waals surface area contributed by atoms with Crippen molar-refractivity contribution >= 4 is 34.5 Å². The molecule has 9 nitrogen and oxygen atoms in total. The number of fused-ring (bicyclic) bond motifs is 1. The first-order chi connectivity index (χ1) is 13.6. The number of anilines is 1. The minimum Gasteiger partial charge on any atom is -0.483 e. The van der Waals surface area contributed by atoms with Crippen molar-refractivity contribution in [2.24, 2.45) is 0 Å². The molecule has 0 saturated carbocycles. The largest absolute Gasteiger partial charge is 0.483 e. The highest BCUT2D eigenvalue weighted by molar-refractivity contribution is 7.15. The zero-order valence-corrected chi connectivity index (χ0v) is 16.1. The van der Waals surface area contributed by atoms with Crippen LogP contribution in [0.2, 0.25) is 0 Å². The molecule has 1 amide bonds. The van der Waals surface area contributed by atoms with Crippen molar-refractivity contribution in [3.63, 3.8) is 0 Å². The molecule has 3 aromatic rings. The number of thiazole rings is 1. The molecule has 148 valence electrons. The number of imidazole rings is 1. The lowest BCUT2D eigenvalue weighted by atomic mass is 10.2. The van der Waals surface area contributed by atoms with Gasteiger partial charge in [0.15, 0.2) is 4.96 Å². The molecule has 1 aliphatic heterocycles. The number of rotatable bonds is 4. The molecule has 4 rings (SSSR count). The van der Waals surface area contributed by atoms with E-state index < -0.39 is 0 Å². The van der Waals surface area contributed by atoms with Gasteiger partial charge < -0.3 is 20.1 Å². The number of carbonyl (C=O) groups is 2. The molecule has 10 heteroatoms. The molecule has 1 aliphatic rings. The summed E-state index contributed by atoms with van der Waals surface area (Å²) in [5.74, 6) is 0.729. The zero-order valence-electron chi connectivity index (χ0n) is 15.3. The molecule has 1 unspecified atom stereocenters. The predicted molar refractivity (Wildman–Crippen MR) is 105 cm³/mol. The lowest BCUT2D eigenvalue weighted by Crippen LogP contribution is -2.40. The maximum absolute atomic E-state index is 12.4. The summed E-state index contributed by atoms with van der Waals surface area (Å²) in [6.45, 7) is 4.25. The molecule has 0 bridgehead atoms. The van der Waals surface area contributed by atoms with Crippen LogP contribution in [-0.2, 0) is 9.53 Å². The fourth-order valence-corrected chi connectivity index (χ4v) is 3.51. The van der Waals surface area contributed by atoms with Crippen LogP contribution in [0.5, 0.6) is 0 Å². The van der Waals surface area contributed by atoms with E-state index in [2.05, 4.69) is 15.3 Å². The highest BCUT2D eigenvalue weighted by atomic mass is 32.1. The van der Waals surface area contributed by atoms with Crippen molar-refractivity contribution in [1.29, 1.82) is 0 Å². The molecule has 3 aromatic heterocycles. The van der Waals surface area contributed by atoms with Crippen molar-refractivity contribution in [1.82, 2.24) is 19.3 Å². The Bertz CT molecular complexity index is 889. The first-order valence-electron chi connectivity index (χ1n) is 8.72. The second-order valence-electron chi connectivity index (χ2n) is 6.07. The molecule has 1 atom stereocenters. The summed E-state index contributed by atoms with van der Waals surface area (Å²) in [4.78, 5) is 32.5. The molecular weight excluding hydrogens is 382 g/mol. The van der Waals surface area contributed by atoms with Gasteiger partial charge >= 0.3 is 0 Å². The van der Waals surface area contributed by atoms with E-state index in [0.29, 0.717) is 31.9 Å². The number of carbonyl (C=O) groups excluding carboxylic acids is 1. The van der Waals surface area contributed by atoms with E-state index in [1.54, 1.807) is 22.4 Å². The Hall–Kier alpha value is -2.98. The molecule has 0 aliphatic carbocycles. The van der Waals surface area contributed by atoms with Crippen LogP contribution < -0.4 is 5.32 Å². The minimum atomic E-state index is -0.250. The SMILES string of the molecule is CC(Nc1ccc(C(=O)N2CCOCC2)cn1)c1cn2ccsc2n1.O=CO. The lowest BCUT2D eigenvalue weighted by Gasteiger charge is -2.26. The second kappa shape index (κ2) is 9.29. The average Bonchev–Trinajstić information content (AvgIpc) is 3.32. The van der Waals surface area contributed by atoms with Gasteiger partial charge in [0.1, 0.15) is 5.82 Å². The Labute approximate surface area is 165 Å². The van der Waals surface area contributed by atoms with E-state index in [4.69, 9.17) is 14.6 Å². The van der Waals surface area contributed by atoms with Crippen LogP contribution in [0, 0.1) is 0 Å². The third kappa shape index (κ3) is 4.65. The standard InChI is InChI=1S/C17H19N5O2S.CH2O2/c1-12(14-11-22-6-9-25-17(22)20-14)19-15-3-2-13(10-18-15)16(23)21-4-7-24-8-5-21;2-1-3/h2-3,6,9-12H,4-5,7-8H2,1H3,(H,18,19);1H,(H,2,3). The number of morpholine rings is 1. The van der Waals surface area contributed by atoms with E-state index in [0.717, 1.165) is 16.5 Å². The molecule has 0 radical (unpaired) electrons. The number of pyridine rings is 1. The Kier molecular flexibility index (Phi) is 6.56. The molecule has 0 aromatic carbocycles. The molecule has 0 spiro atoms. The molecule has 28 heavy (non-hydrogen) atoms. The monoisotopic (exact) mass is 403 g/mol. The van der Waals surface area contributed by atoms with Crippen molar-refractivity contribution in [3.8, 4) is 0 Å². The number of aromatic nitrogens is 3. The predicted octanol–water partition coefficient (Wildman–Crippen LogP) is 2.14. The minimum absolute atomic E-state index is 0.00439. The maximum atomic E-state index is 12.4. The first kappa shape index (κ1) is 19.8. The van der Waals surface area contributed by atoms with Gasteiger partial charge in [0.25, 0.3) is 12.4 Å². The van der Waals surface area contributed by atoms with Crippen molar-refractivity contribution in [3.05, 3.63) is 47.4 Å². The summed E-state index contributed by atoms with van der Waals surface area (Å²) in [6.07, 6.45) is 5.63. The highest BCUT2D eigenvalue weighted by Gasteiger charge is 2.19. The average molecular weight is 403 g/mol. The Morgan fingerprint density at radius 3 is 2.79 bits per heavy atom. The zero-order chi connectivity index (χ0) is 19.9. The quantitative estimate of drug-likeness (QED) is 0.642. The summed E-state index contributed by atoms with van der Waals surface area (Å²) < 4.78 is 7.29. The van der Waals surface area contributed by atoms with Crippen LogP contribution in [0.15, 0.2) is 36.1 Å². The van der Waals surface area contributed by atoms with Gasteiger partial charge in [0.05, 0.1) is 30.5 Å². The van der Waals surface area contributed by atoms with Gasteiger partial charge in [-0.2, -0.15) is 0 Å². The molecular formula is C18H21N5O4S. The van der Waals surface area contributed by atoms with E-state index in [1.807, 2.05) is 41.2 Å². The number of amides is 1. The van der Waals surface area contributed by atoms with Gasteiger partial charge in [-0.25, -0.2) is 9.97 Å². The van der Waals surface area contributed by atoms with Gasteiger partial charge in [-0.3, -0.25) is 14.0 Å². The second-order valence-corrected chi connectivity index (χ2v) is 6.94. The van der Waals surface area contributed by atoms with Gasteiger partial charge in [-0.15, -0.1) is 11.3 Å². The number of hydrogen-bond donors (Lipinski definition) is 2. The topological polar surface area (TPSA) is 109 Å². The van der Waals surface area contributed by atoms with E-state index in [-0.39, 0.29) is 18.4 Å². The van der Waals surface area contributed by atoms with E-state index in [1.165, 1.54) is 0 Å². The maximum Gasteiger partial charge on any atom is 0.290 e. The lowest BCUT2D eigenvalue weighted by molar-refractivity contribution is -0.122. The number of hydrogen-bond acceptors (Lipinski definition) is 7. The van der Waals surface area contributed by atoms with Crippen LogP contribution in [0.25, 0.3) is 4.96 Å². The van der Waals surface area contributed by atoms with Gasteiger partial charge in [0.2, 0.25) is 0 Å². The van der Waals surface area contributed by atoms with Crippen molar-refractivity contribution in [2.45, 2.75) is 13.0 Å². The van der Waals surface area contributed by atoms with Crippen molar-refractivity contribution < 1.29 is 19.4 Å². The number of nitrogens with one attached hydrogen (secondary N) is 1. The third-order valence-electron chi connectivity index (χ3n) is 4.23. The summed E-state index contributed by atoms with van der Waals surface area (Å²) in [5.41, 5.74) is 1.56. The van der Waals surface area contributed by atoms with Crippen LogP contribution in [0.1, 0.15) is 29.0 Å². The van der Waals surface area contributed by atoms with Crippen LogP contribution in [0.3, 0.4) is 0 Å². The Morgan fingerprint density at radius 2 is 2.14 bits per heavy atom. The van der Waals surface area contributed by atoms with E-state index in [9.17, 15) is 4.79 Å². The fraction of sp³-hybridized carbons (Fsp3) is 0.333. The first-order valence-corrected chi connectivity index (χ1v) is 9.60. The summed E-state index contributed by atoms with van der Waals surface area (Å²) in [6, 6.07) is 3.68. The van der Waals surface area contributed by atoms with Gasteiger partial charge in [0, 0.05) is 37.1 Å². The number of nitrogens with zero attached hydrogens (tertiary/aromatic N) is 4. The number of ether oxygens (including phenoxy) is 1. The van der Waals surface area contributed by atoms with E-state index >= 15 is 0 Å². The van der Waals surface area contributed by atoms with Crippen LogP contribution >= 0.6 is 11.3 Å². The summed E-state index contributed by atoms with van der Waals surface area (Å²) in [5, 5.41) is 12.2.